The molecule has 1 unspecified atom stereocenters. The number of hydrogen-bond acceptors (Lipinski definition) is 7. The summed E-state index contributed by atoms with van der Waals surface area (Å²) in [6, 6.07) is 11.9. The van der Waals surface area contributed by atoms with E-state index in [1.54, 1.807) is 12.1 Å². The number of benzene rings is 2. The highest BCUT2D eigenvalue weighted by Gasteiger charge is 2.21. The molecule has 33 heavy (non-hydrogen) atoms. The number of methoxy groups -OCH3 is 1. The van der Waals surface area contributed by atoms with Gasteiger partial charge in [0.25, 0.3) is 0 Å². The molecule has 7 heteroatoms. The molecule has 7 nitrogen and oxygen atoms in total. The molecule has 1 aliphatic rings. The first-order valence-corrected chi connectivity index (χ1v) is 11.2. The van der Waals surface area contributed by atoms with Crippen molar-refractivity contribution in [3.8, 4) is 11.5 Å². The number of aldehydes is 2. The third-order valence-electron chi connectivity index (χ3n) is 5.08. The lowest BCUT2D eigenvalue weighted by Gasteiger charge is -2.31. The number of fused-ring (bicyclic) bond motifs is 1. The van der Waals surface area contributed by atoms with Crippen LogP contribution in [0.15, 0.2) is 41.4 Å². The lowest BCUT2D eigenvalue weighted by Crippen LogP contribution is -2.38. The van der Waals surface area contributed by atoms with Gasteiger partial charge in [0.2, 0.25) is 0 Å². The number of carbonyl (C=O) groups is 2. The van der Waals surface area contributed by atoms with Crippen LogP contribution in [0.5, 0.6) is 11.5 Å². The fraction of sp³-hybridized carbons (Fsp3) is 0.423. The summed E-state index contributed by atoms with van der Waals surface area (Å²) in [5.41, 5.74) is 3.64. The van der Waals surface area contributed by atoms with E-state index in [1.807, 2.05) is 20.1 Å². The zero-order valence-electron chi connectivity index (χ0n) is 20.3. The molecule has 1 aliphatic heterocycles. The molecular formula is C26H36N2O5. The Morgan fingerprint density at radius 2 is 1.82 bits per heavy atom. The van der Waals surface area contributed by atoms with Gasteiger partial charge in [0.15, 0.2) is 17.8 Å². The minimum Gasteiger partial charge on any atom is -0.493 e. The van der Waals surface area contributed by atoms with Crippen LogP contribution in [0.25, 0.3) is 0 Å². The molecule has 0 aliphatic carbocycles. The lowest BCUT2D eigenvalue weighted by atomic mass is 9.95. The van der Waals surface area contributed by atoms with Crippen LogP contribution in [0.1, 0.15) is 48.2 Å². The second-order valence-corrected chi connectivity index (χ2v) is 7.07. The smallest absolute Gasteiger partial charge is 0.163 e. The Labute approximate surface area is 197 Å². The standard InChI is InChI=1S/C23H26N2O4.C2H6.CH4O/c1-25-15-18-8-4-3-7-17(18)11-20(25)14-24-21-13-23(29-10-6-5-9-26)22(28-2)12-19(21)16-27;2*1-2/h3-4,7-9,12-14,16,20H,5-6,10-11,15H2,1-2H3;1-2H3;2H,1H3. The molecule has 180 valence electrons. The zero-order chi connectivity index (χ0) is 24.6. The largest absolute Gasteiger partial charge is 0.493 e. The Kier molecular flexibility index (Phi) is 13.3. The summed E-state index contributed by atoms with van der Waals surface area (Å²) >= 11 is 0. The molecule has 0 saturated heterocycles. The Hall–Kier alpha value is -3.03. The Bertz CT molecular complexity index is 898. The molecule has 0 fully saturated rings. The molecule has 1 heterocycles. The summed E-state index contributed by atoms with van der Waals surface area (Å²) < 4.78 is 11.1. The van der Waals surface area contributed by atoms with Gasteiger partial charge in [-0.15, -0.1) is 0 Å². The van der Waals surface area contributed by atoms with Crippen LogP contribution in [-0.2, 0) is 17.8 Å². The van der Waals surface area contributed by atoms with Crippen molar-refractivity contribution in [2.45, 2.75) is 45.7 Å². The molecular weight excluding hydrogens is 420 g/mol. The van der Waals surface area contributed by atoms with E-state index in [1.165, 1.54) is 18.2 Å². The number of aliphatic imine (C=N–C) groups is 1. The number of hydrogen-bond donors (Lipinski definition) is 1. The molecule has 2 aromatic rings. The van der Waals surface area contributed by atoms with Crippen molar-refractivity contribution in [3.05, 3.63) is 53.1 Å². The molecule has 1 N–H and O–H groups in total. The number of ether oxygens (including phenoxy) is 2. The fourth-order valence-corrected chi connectivity index (χ4v) is 3.40. The average Bonchev–Trinajstić information content (AvgIpc) is 2.87. The second-order valence-electron chi connectivity index (χ2n) is 7.07. The van der Waals surface area contributed by atoms with E-state index in [4.69, 9.17) is 14.6 Å². The van der Waals surface area contributed by atoms with E-state index < -0.39 is 0 Å². The van der Waals surface area contributed by atoms with Gasteiger partial charge in [-0.05, 0) is 37.1 Å². The van der Waals surface area contributed by atoms with Crippen molar-refractivity contribution in [1.82, 2.24) is 4.90 Å². The minimum absolute atomic E-state index is 0.142. The number of aliphatic hydroxyl groups is 1. The first-order chi connectivity index (χ1) is 16.2. The van der Waals surface area contributed by atoms with Crippen molar-refractivity contribution in [2.75, 3.05) is 27.9 Å². The van der Waals surface area contributed by atoms with Crippen LogP contribution < -0.4 is 9.47 Å². The number of carbonyl (C=O) groups excluding carboxylic acids is 2. The molecule has 1 atom stereocenters. The van der Waals surface area contributed by atoms with Crippen LogP contribution in [0.4, 0.5) is 5.69 Å². The van der Waals surface area contributed by atoms with Crippen molar-refractivity contribution >= 4 is 24.5 Å². The quantitative estimate of drug-likeness (QED) is 0.345. The summed E-state index contributed by atoms with van der Waals surface area (Å²) in [6.45, 7) is 5.25. The number of likely N-dealkylation sites (N-methyl/N-ethyl adjacent to an activating group) is 1. The Morgan fingerprint density at radius 1 is 1.12 bits per heavy atom. The van der Waals surface area contributed by atoms with Crippen LogP contribution in [0.2, 0.25) is 0 Å². The normalized spacial score (nSPS) is 14.8. The van der Waals surface area contributed by atoms with Gasteiger partial charge in [-0.1, -0.05) is 38.1 Å². The van der Waals surface area contributed by atoms with Gasteiger partial charge in [0, 0.05) is 44.0 Å². The highest BCUT2D eigenvalue weighted by Crippen LogP contribution is 2.34. The van der Waals surface area contributed by atoms with Gasteiger partial charge in [-0.3, -0.25) is 14.7 Å². The molecule has 0 spiro atoms. The first kappa shape index (κ1) is 28.0. The van der Waals surface area contributed by atoms with Gasteiger partial charge < -0.3 is 19.4 Å². The maximum Gasteiger partial charge on any atom is 0.163 e. The van der Waals surface area contributed by atoms with Crippen LogP contribution in [-0.4, -0.2) is 62.7 Å². The summed E-state index contributed by atoms with van der Waals surface area (Å²) in [5.74, 6) is 0.986. The average molecular weight is 457 g/mol. The highest BCUT2D eigenvalue weighted by molar-refractivity contribution is 5.87. The van der Waals surface area contributed by atoms with Crippen LogP contribution in [0, 0.1) is 0 Å². The molecule has 0 bridgehead atoms. The zero-order valence-corrected chi connectivity index (χ0v) is 20.3. The van der Waals surface area contributed by atoms with Crippen molar-refractivity contribution in [3.63, 3.8) is 0 Å². The van der Waals surface area contributed by atoms with Gasteiger partial charge in [0.1, 0.15) is 6.29 Å². The molecule has 3 rings (SSSR count). The van der Waals surface area contributed by atoms with Crippen LogP contribution in [0.3, 0.4) is 0 Å². The first-order valence-electron chi connectivity index (χ1n) is 11.2. The second kappa shape index (κ2) is 15.7. The van der Waals surface area contributed by atoms with Gasteiger partial charge in [-0.25, -0.2) is 0 Å². The van der Waals surface area contributed by atoms with Gasteiger partial charge in [-0.2, -0.15) is 0 Å². The van der Waals surface area contributed by atoms with Gasteiger partial charge in [0.05, 0.1) is 19.4 Å². The number of rotatable bonds is 9. The lowest BCUT2D eigenvalue weighted by molar-refractivity contribution is -0.108. The van der Waals surface area contributed by atoms with Crippen molar-refractivity contribution in [2.24, 2.45) is 4.99 Å². The third kappa shape index (κ3) is 8.11. The Morgan fingerprint density at radius 3 is 2.45 bits per heavy atom. The predicted molar refractivity (Wildman–Crippen MR) is 132 cm³/mol. The van der Waals surface area contributed by atoms with E-state index >= 15 is 0 Å². The molecule has 2 aromatic carbocycles. The SMILES string of the molecule is CC.CO.COc1cc(C=O)c(N=CC2Cc3ccccc3CN2C)cc1OCCCC=O. The van der Waals surface area contributed by atoms with Crippen molar-refractivity contribution < 1.29 is 24.2 Å². The molecule has 0 saturated carbocycles. The van der Waals surface area contributed by atoms with Gasteiger partial charge >= 0.3 is 0 Å². The maximum absolute atomic E-state index is 11.6. The van der Waals surface area contributed by atoms with E-state index in [2.05, 4.69) is 41.2 Å². The highest BCUT2D eigenvalue weighted by atomic mass is 16.5. The molecule has 0 amide bonds. The number of nitrogens with zero attached hydrogens (tertiary/aromatic N) is 2. The molecule has 0 radical (unpaired) electrons. The van der Waals surface area contributed by atoms with Crippen molar-refractivity contribution in [1.29, 1.82) is 0 Å². The summed E-state index contributed by atoms with van der Waals surface area (Å²) in [5, 5.41) is 7.00. The monoisotopic (exact) mass is 456 g/mol. The van der Waals surface area contributed by atoms with E-state index in [-0.39, 0.29) is 6.04 Å². The van der Waals surface area contributed by atoms with E-state index in [0.29, 0.717) is 42.2 Å². The maximum atomic E-state index is 11.6. The fourth-order valence-electron chi connectivity index (χ4n) is 3.40. The van der Waals surface area contributed by atoms with E-state index in [0.717, 1.165) is 32.6 Å². The third-order valence-corrected chi connectivity index (χ3v) is 5.08. The number of unbranched alkanes of at least 4 members (excludes halogenated alkanes) is 1. The number of aliphatic hydroxyl groups excluding tert-OH is 1. The molecule has 0 aromatic heterocycles. The van der Waals surface area contributed by atoms with E-state index in [9.17, 15) is 9.59 Å². The minimum atomic E-state index is 0.142. The Balaban J connectivity index is 0.00000129. The summed E-state index contributed by atoms with van der Waals surface area (Å²) in [7, 11) is 4.60. The van der Waals surface area contributed by atoms with Crippen LogP contribution >= 0.6 is 0 Å². The summed E-state index contributed by atoms with van der Waals surface area (Å²) in [6.07, 6.45) is 5.46. The predicted octanol–water partition coefficient (Wildman–Crippen LogP) is 4.26. The topological polar surface area (TPSA) is 88.4 Å². The summed E-state index contributed by atoms with van der Waals surface area (Å²) in [4.78, 5) is 28.9.